The molecular formula is C13H19N3O3. The van der Waals surface area contributed by atoms with Crippen LogP contribution in [0.15, 0.2) is 18.7 Å². The van der Waals surface area contributed by atoms with Crippen LogP contribution in [0.1, 0.15) is 32.2 Å². The van der Waals surface area contributed by atoms with E-state index in [0.29, 0.717) is 19.5 Å². The monoisotopic (exact) mass is 265 g/mol. The van der Waals surface area contributed by atoms with Crippen LogP contribution in [0.2, 0.25) is 0 Å². The minimum absolute atomic E-state index is 0.0321. The number of hydrogen-bond acceptors (Lipinski definition) is 3. The molecule has 1 N–H and O–H groups in total. The van der Waals surface area contributed by atoms with Gasteiger partial charge in [-0.2, -0.15) is 0 Å². The molecule has 0 bridgehead atoms. The van der Waals surface area contributed by atoms with Gasteiger partial charge in [-0.25, -0.2) is 4.98 Å². The molecule has 6 nitrogen and oxygen atoms in total. The molecule has 19 heavy (non-hydrogen) atoms. The molecule has 1 aromatic rings. The van der Waals surface area contributed by atoms with E-state index in [-0.39, 0.29) is 17.9 Å². The van der Waals surface area contributed by atoms with Crippen molar-refractivity contribution in [2.75, 3.05) is 13.1 Å². The number of aliphatic carboxylic acids is 1. The van der Waals surface area contributed by atoms with Gasteiger partial charge in [0.15, 0.2) is 0 Å². The number of likely N-dealkylation sites (tertiary alicyclic amines) is 1. The second kappa shape index (κ2) is 5.86. The zero-order valence-corrected chi connectivity index (χ0v) is 11.0. The molecule has 2 rings (SSSR count). The highest BCUT2D eigenvalue weighted by Gasteiger charge is 2.36. The summed E-state index contributed by atoms with van der Waals surface area (Å²) >= 11 is 0. The van der Waals surface area contributed by atoms with Gasteiger partial charge in [0, 0.05) is 37.9 Å². The summed E-state index contributed by atoms with van der Waals surface area (Å²) in [6, 6.07) is 0.115. The van der Waals surface area contributed by atoms with E-state index >= 15 is 0 Å². The van der Waals surface area contributed by atoms with Crippen LogP contribution < -0.4 is 0 Å². The van der Waals surface area contributed by atoms with Gasteiger partial charge in [-0.1, -0.05) is 13.3 Å². The number of carbonyl (C=O) groups is 2. The number of aromatic nitrogens is 2. The van der Waals surface area contributed by atoms with Crippen LogP contribution >= 0.6 is 0 Å². The third-order valence-corrected chi connectivity index (χ3v) is 3.56. The van der Waals surface area contributed by atoms with Crippen LogP contribution in [-0.4, -0.2) is 44.5 Å². The second-order valence-electron chi connectivity index (χ2n) is 4.99. The fourth-order valence-corrected chi connectivity index (χ4v) is 2.34. The molecule has 1 amide bonds. The van der Waals surface area contributed by atoms with Crippen molar-refractivity contribution in [2.24, 2.45) is 5.92 Å². The molecule has 1 saturated heterocycles. The van der Waals surface area contributed by atoms with E-state index in [9.17, 15) is 9.59 Å². The summed E-state index contributed by atoms with van der Waals surface area (Å²) in [4.78, 5) is 28.4. The van der Waals surface area contributed by atoms with Gasteiger partial charge in [0.25, 0.3) is 0 Å². The molecule has 0 radical (unpaired) electrons. The van der Waals surface area contributed by atoms with Crippen molar-refractivity contribution in [1.29, 1.82) is 0 Å². The molecule has 1 atom stereocenters. The predicted octanol–water partition coefficient (Wildman–Crippen LogP) is 1.16. The van der Waals surface area contributed by atoms with Gasteiger partial charge in [0.2, 0.25) is 5.91 Å². The van der Waals surface area contributed by atoms with Crippen molar-refractivity contribution in [3.63, 3.8) is 0 Å². The highest BCUT2D eigenvalue weighted by molar-refractivity contribution is 5.81. The van der Waals surface area contributed by atoms with Crippen LogP contribution in [0.25, 0.3) is 0 Å². The topological polar surface area (TPSA) is 75.4 Å². The number of carboxylic acids is 1. The maximum atomic E-state index is 12.1. The highest BCUT2D eigenvalue weighted by atomic mass is 16.4. The number of amides is 1. The average molecular weight is 265 g/mol. The van der Waals surface area contributed by atoms with Crippen LogP contribution in [0, 0.1) is 5.92 Å². The molecule has 1 fully saturated rings. The van der Waals surface area contributed by atoms with Gasteiger partial charge < -0.3 is 14.6 Å². The third kappa shape index (κ3) is 3.13. The van der Waals surface area contributed by atoms with Crippen molar-refractivity contribution in [3.8, 4) is 0 Å². The second-order valence-corrected chi connectivity index (χ2v) is 4.99. The summed E-state index contributed by atoms with van der Waals surface area (Å²) in [7, 11) is 0. The van der Waals surface area contributed by atoms with Gasteiger partial charge in [0.05, 0.1) is 12.2 Å². The van der Waals surface area contributed by atoms with Crippen molar-refractivity contribution in [2.45, 2.75) is 32.2 Å². The Bertz CT molecular complexity index is 438. The normalized spacial score (nSPS) is 17.0. The lowest BCUT2D eigenvalue weighted by Crippen LogP contribution is -2.53. The number of nitrogens with zero attached hydrogens (tertiary/aromatic N) is 3. The quantitative estimate of drug-likeness (QED) is 0.837. The van der Waals surface area contributed by atoms with Crippen LogP contribution in [0.5, 0.6) is 0 Å². The lowest BCUT2D eigenvalue weighted by molar-refractivity contribution is -0.153. The van der Waals surface area contributed by atoms with Crippen LogP contribution in [0.4, 0.5) is 0 Å². The largest absolute Gasteiger partial charge is 0.481 e. The fourth-order valence-electron chi connectivity index (χ4n) is 2.34. The molecule has 6 heteroatoms. The molecular weight excluding hydrogens is 246 g/mol. The molecule has 0 aromatic carbocycles. The number of imidazole rings is 1. The maximum absolute atomic E-state index is 12.1. The van der Waals surface area contributed by atoms with E-state index in [1.165, 1.54) is 0 Å². The van der Waals surface area contributed by atoms with Gasteiger partial charge in [-0.05, 0) is 6.42 Å². The molecule has 104 valence electrons. The Kier molecular flexibility index (Phi) is 4.19. The maximum Gasteiger partial charge on any atom is 0.310 e. The SMILES string of the molecule is CCCC(CC(=O)N1CC(C(=O)O)C1)n1ccnc1. The molecule has 0 spiro atoms. The number of carbonyl (C=O) groups excluding carboxylic acids is 1. The molecule has 1 unspecified atom stereocenters. The number of carboxylic acid groups (broad SMARTS) is 1. The molecule has 1 aliphatic rings. The van der Waals surface area contributed by atoms with E-state index in [4.69, 9.17) is 5.11 Å². The first-order valence-corrected chi connectivity index (χ1v) is 6.59. The molecule has 2 heterocycles. The van der Waals surface area contributed by atoms with E-state index in [0.717, 1.165) is 12.8 Å². The van der Waals surface area contributed by atoms with Gasteiger partial charge in [0.1, 0.15) is 0 Å². The Morgan fingerprint density at radius 2 is 2.21 bits per heavy atom. The fraction of sp³-hybridized carbons (Fsp3) is 0.615. The van der Waals surface area contributed by atoms with Crippen molar-refractivity contribution < 1.29 is 14.7 Å². The highest BCUT2D eigenvalue weighted by Crippen LogP contribution is 2.23. The smallest absolute Gasteiger partial charge is 0.310 e. The zero-order valence-electron chi connectivity index (χ0n) is 11.0. The van der Waals surface area contributed by atoms with Gasteiger partial charge in [-0.15, -0.1) is 0 Å². The van der Waals surface area contributed by atoms with Crippen molar-refractivity contribution in [3.05, 3.63) is 18.7 Å². The van der Waals surface area contributed by atoms with E-state index < -0.39 is 5.97 Å². The molecule has 1 aliphatic heterocycles. The van der Waals surface area contributed by atoms with Gasteiger partial charge >= 0.3 is 5.97 Å². The summed E-state index contributed by atoms with van der Waals surface area (Å²) in [5.74, 6) is -1.17. The Morgan fingerprint density at radius 1 is 1.47 bits per heavy atom. The van der Waals surface area contributed by atoms with Crippen LogP contribution in [-0.2, 0) is 9.59 Å². The lowest BCUT2D eigenvalue weighted by Gasteiger charge is -2.37. The third-order valence-electron chi connectivity index (χ3n) is 3.56. The Balaban J connectivity index is 1.88. The Morgan fingerprint density at radius 3 is 2.74 bits per heavy atom. The minimum atomic E-state index is -0.816. The Labute approximate surface area is 112 Å². The molecule has 0 aliphatic carbocycles. The van der Waals surface area contributed by atoms with E-state index in [1.807, 2.05) is 10.8 Å². The summed E-state index contributed by atoms with van der Waals surface area (Å²) < 4.78 is 1.95. The average Bonchev–Trinajstić information content (AvgIpc) is 2.78. The van der Waals surface area contributed by atoms with Crippen LogP contribution in [0.3, 0.4) is 0 Å². The summed E-state index contributed by atoms with van der Waals surface area (Å²) in [5.41, 5.74) is 0. The number of rotatable bonds is 6. The molecule has 1 aromatic heterocycles. The van der Waals surface area contributed by atoms with Gasteiger partial charge in [-0.3, -0.25) is 9.59 Å². The summed E-state index contributed by atoms with van der Waals surface area (Å²) in [6.45, 7) is 2.77. The van der Waals surface area contributed by atoms with E-state index in [2.05, 4.69) is 11.9 Å². The minimum Gasteiger partial charge on any atom is -0.481 e. The van der Waals surface area contributed by atoms with Crippen molar-refractivity contribution in [1.82, 2.24) is 14.5 Å². The predicted molar refractivity (Wildman–Crippen MR) is 68.5 cm³/mol. The standard InChI is InChI=1S/C13H19N3O3/c1-2-3-11(15-5-4-14-9-15)6-12(17)16-7-10(8-16)13(18)19/h4-5,9-11H,2-3,6-8H2,1H3,(H,18,19). The Hall–Kier alpha value is -1.85. The van der Waals surface area contributed by atoms with Crippen molar-refractivity contribution >= 4 is 11.9 Å². The first-order chi connectivity index (χ1) is 9.11. The lowest BCUT2D eigenvalue weighted by atomic mass is 9.98. The van der Waals surface area contributed by atoms with E-state index in [1.54, 1.807) is 17.4 Å². The number of hydrogen-bond donors (Lipinski definition) is 1. The zero-order chi connectivity index (χ0) is 13.8. The first kappa shape index (κ1) is 13.6. The first-order valence-electron chi connectivity index (χ1n) is 6.59. The molecule has 0 saturated carbocycles. The summed E-state index contributed by atoms with van der Waals surface area (Å²) in [5, 5.41) is 8.80. The summed E-state index contributed by atoms with van der Waals surface area (Å²) in [6.07, 6.45) is 7.62.